The van der Waals surface area contributed by atoms with Gasteiger partial charge in [0, 0.05) is 17.9 Å². The van der Waals surface area contributed by atoms with Gasteiger partial charge in [0.2, 0.25) is 0 Å². The van der Waals surface area contributed by atoms with Crippen LogP contribution in [0.2, 0.25) is 0 Å². The van der Waals surface area contributed by atoms with E-state index in [9.17, 15) is 4.79 Å². The zero-order valence-electron chi connectivity index (χ0n) is 19.6. The maximum absolute atomic E-state index is 11.9. The highest BCUT2D eigenvalue weighted by atomic mass is 16.7. The second-order valence-corrected chi connectivity index (χ2v) is 9.09. The molecule has 0 fully saturated rings. The van der Waals surface area contributed by atoms with Gasteiger partial charge in [0.1, 0.15) is 0 Å². The minimum Gasteiger partial charge on any atom is -0.473 e. The maximum Gasteiger partial charge on any atom is 0.305 e. The molecule has 1 aliphatic heterocycles. The average Bonchev–Trinajstić information content (AvgIpc) is 2.80. The van der Waals surface area contributed by atoms with Crippen LogP contribution in [0.1, 0.15) is 55.0 Å². The Hall–Kier alpha value is -3.53. The third-order valence-corrected chi connectivity index (χ3v) is 6.54. The van der Waals surface area contributed by atoms with Crippen molar-refractivity contribution in [3.05, 3.63) is 82.9 Å². The first-order valence-corrected chi connectivity index (χ1v) is 11.4. The highest BCUT2D eigenvalue weighted by Crippen LogP contribution is 2.50. The molecular formula is C29H28O4. The van der Waals surface area contributed by atoms with Crippen LogP contribution in [0.5, 0.6) is 11.5 Å². The third-order valence-electron chi connectivity index (χ3n) is 6.54. The lowest BCUT2D eigenvalue weighted by Gasteiger charge is -2.35. The summed E-state index contributed by atoms with van der Waals surface area (Å²) in [6, 6.07) is 20.6. The number of carbonyl (C=O) groups is 1. The molecule has 4 aromatic rings. The predicted molar refractivity (Wildman–Crippen MR) is 131 cm³/mol. The van der Waals surface area contributed by atoms with Crippen LogP contribution in [-0.2, 0) is 9.53 Å². The van der Waals surface area contributed by atoms with E-state index in [1.165, 1.54) is 23.4 Å². The Morgan fingerprint density at radius 3 is 2.33 bits per heavy atom. The van der Waals surface area contributed by atoms with Gasteiger partial charge in [0.25, 0.3) is 6.29 Å². The Balaban J connectivity index is 1.82. The Morgan fingerprint density at radius 2 is 1.64 bits per heavy atom. The molecule has 0 radical (unpaired) electrons. The van der Waals surface area contributed by atoms with Gasteiger partial charge in [-0.3, -0.25) is 4.79 Å². The van der Waals surface area contributed by atoms with E-state index >= 15 is 0 Å². The molecule has 0 saturated heterocycles. The second-order valence-electron chi connectivity index (χ2n) is 9.09. The van der Waals surface area contributed by atoms with Crippen molar-refractivity contribution in [2.24, 2.45) is 0 Å². The topological polar surface area (TPSA) is 44.8 Å². The van der Waals surface area contributed by atoms with E-state index in [0.717, 1.165) is 27.3 Å². The summed E-state index contributed by atoms with van der Waals surface area (Å²) in [6.07, 6.45) is -1.44. The van der Waals surface area contributed by atoms with Gasteiger partial charge >= 0.3 is 5.97 Å². The molecule has 0 bridgehead atoms. The summed E-state index contributed by atoms with van der Waals surface area (Å²) in [5.41, 5.74) is 4.43. The highest BCUT2D eigenvalue weighted by molar-refractivity contribution is 6.13. The molecule has 0 amide bonds. The van der Waals surface area contributed by atoms with Crippen molar-refractivity contribution in [1.82, 2.24) is 0 Å². The summed E-state index contributed by atoms with van der Waals surface area (Å²) in [5, 5.41) is 4.46. The first-order valence-electron chi connectivity index (χ1n) is 11.4. The Morgan fingerprint density at radius 1 is 0.909 bits per heavy atom. The smallest absolute Gasteiger partial charge is 0.305 e. The fourth-order valence-electron chi connectivity index (χ4n) is 4.67. The Labute approximate surface area is 194 Å². The van der Waals surface area contributed by atoms with Gasteiger partial charge in [-0.1, -0.05) is 68.4 Å². The van der Waals surface area contributed by atoms with E-state index in [4.69, 9.17) is 14.2 Å². The lowest BCUT2D eigenvalue weighted by molar-refractivity contribution is -0.181. The van der Waals surface area contributed by atoms with Crippen molar-refractivity contribution >= 4 is 27.5 Å². The molecule has 0 N–H and O–H groups in total. The van der Waals surface area contributed by atoms with E-state index < -0.39 is 18.4 Å². The summed E-state index contributed by atoms with van der Waals surface area (Å²) in [6.45, 7) is 9.93. The van der Waals surface area contributed by atoms with E-state index in [0.29, 0.717) is 11.5 Å². The summed E-state index contributed by atoms with van der Waals surface area (Å²) in [4.78, 5) is 11.9. The molecule has 0 aliphatic carbocycles. The largest absolute Gasteiger partial charge is 0.473 e. The molecule has 33 heavy (non-hydrogen) atoms. The fraction of sp³-hybridized carbons (Fsp3) is 0.276. The van der Waals surface area contributed by atoms with Gasteiger partial charge in [-0.25, -0.2) is 0 Å². The fourth-order valence-corrected chi connectivity index (χ4v) is 4.67. The molecule has 2 unspecified atom stereocenters. The molecule has 4 heteroatoms. The lowest BCUT2D eigenvalue weighted by Crippen LogP contribution is -2.37. The van der Waals surface area contributed by atoms with Crippen molar-refractivity contribution in [2.75, 3.05) is 0 Å². The molecule has 5 rings (SSSR count). The lowest BCUT2D eigenvalue weighted by atomic mass is 9.91. The minimum absolute atomic E-state index is 0.202. The minimum atomic E-state index is -0.869. The Bertz CT molecular complexity index is 1370. The molecule has 4 nitrogen and oxygen atoms in total. The first kappa shape index (κ1) is 21.3. The summed E-state index contributed by atoms with van der Waals surface area (Å²) >= 11 is 0. The van der Waals surface area contributed by atoms with Crippen LogP contribution in [0.25, 0.3) is 21.5 Å². The summed E-state index contributed by atoms with van der Waals surface area (Å²) < 4.78 is 18.8. The van der Waals surface area contributed by atoms with E-state index in [-0.39, 0.29) is 5.92 Å². The SMILES string of the molecule is CC(=O)OC1Oc2c(C(C)C)cc3ccc4c(C)c(C)ccc4c3c2OC1c1ccccc1. The number of hydrogen-bond donors (Lipinski definition) is 0. The number of esters is 1. The molecular weight excluding hydrogens is 412 g/mol. The predicted octanol–water partition coefficient (Wildman–Crippen LogP) is 7.13. The van der Waals surface area contributed by atoms with Crippen LogP contribution in [-0.4, -0.2) is 12.3 Å². The van der Waals surface area contributed by atoms with Crippen molar-refractivity contribution in [1.29, 1.82) is 0 Å². The second kappa shape index (κ2) is 8.11. The van der Waals surface area contributed by atoms with Gasteiger partial charge < -0.3 is 14.2 Å². The van der Waals surface area contributed by atoms with Crippen LogP contribution < -0.4 is 9.47 Å². The zero-order valence-corrected chi connectivity index (χ0v) is 19.6. The molecule has 168 valence electrons. The quantitative estimate of drug-likeness (QED) is 0.251. The maximum atomic E-state index is 11.9. The molecule has 1 aliphatic rings. The van der Waals surface area contributed by atoms with Crippen molar-refractivity contribution < 1.29 is 19.0 Å². The van der Waals surface area contributed by atoms with Crippen molar-refractivity contribution in [3.63, 3.8) is 0 Å². The highest BCUT2D eigenvalue weighted by Gasteiger charge is 2.38. The Kier molecular flexibility index (Phi) is 5.24. The first-order chi connectivity index (χ1) is 15.8. The van der Waals surface area contributed by atoms with E-state index in [2.05, 4.69) is 58.0 Å². The number of aryl methyl sites for hydroxylation is 2. The number of benzene rings is 4. The standard InChI is InChI=1S/C29H28O4/c1-16(2)24-15-21-12-14-22-18(4)17(3)11-13-23(22)25(21)28-27(24)33-29(31-19(5)30)26(32-28)20-9-7-6-8-10-20/h6-16,26,29H,1-5H3. The van der Waals surface area contributed by atoms with E-state index in [1.54, 1.807) is 0 Å². The zero-order chi connectivity index (χ0) is 23.3. The van der Waals surface area contributed by atoms with Gasteiger partial charge in [0.15, 0.2) is 17.6 Å². The van der Waals surface area contributed by atoms with Crippen LogP contribution in [0, 0.1) is 13.8 Å². The van der Waals surface area contributed by atoms with Crippen molar-refractivity contribution in [3.8, 4) is 11.5 Å². The number of hydrogen-bond acceptors (Lipinski definition) is 4. The van der Waals surface area contributed by atoms with Crippen LogP contribution in [0.4, 0.5) is 0 Å². The van der Waals surface area contributed by atoms with Crippen LogP contribution in [0.15, 0.2) is 60.7 Å². The molecule has 0 spiro atoms. The number of ether oxygens (including phenoxy) is 3. The molecule has 4 aromatic carbocycles. The average molecular weight is 441 g/mol. The van der Waals surface area contributed by atoms with E-state index in [1.807, 2.05) is 30.3 Å². The van der Waals surface area contributed by atoms with Crippen molar-refractivity contribution in [2.45, 2.75) is 52.9 Å². The van der Waals surface area contributed by atoms with Gasteiger partial charge in [-0.15, -0.1) is 0 Å². The third kappa shape index (κ3) is 3.60. The normalized spacial score (nSPS) is 17.5. The van der Waals surface area contributed by atoms with Crippen LogP contribution >= 0.6 is 0 Å². The van der Waals surface area contributed by atoms with Crippen LogP contribution in [0.3, 0.4) is 0 Å². The molecule has 1 heterocycles. The monoisotopic (exact) mass is 440 g/mol. The number of carbonyl (C=O) groups excluding carboxylic acids is 1. The van der Waals surface area contributed by atoms with Gasteiger partial charge in [-0.2, -0.15) is 0 Å². The number of rotatable bonds is 3. The summed E-state index contributed by atoms with van der Waals surface area (Å²) in [7, 11) is 0. The molecule has 0 aromatic heterocycles. The van der Waals surface area contributed by atoms with Gasteiger partial charge in [0.05, 0.1) is 0 Å². The van der Waals surface area contributed by atoms with Gasteiger partial charge in [-0.05, 0) is 58.7 Å². The molecule has 2 atom stereocenters. The molecule has 0 saturated carbocycles. The number of fused-ring (bicyclic) bond motifs is 5. The summed E-state index contributed by atoms with van der Waals surface area (Å²) in [5.74, 6) is 1.16.